The molecule has 2 unspecified atom stereocenters. The molecule has 78 valence electrons. The number of nitrogens with one attached hydrogen (secondary N) is 1. The van der Waals surface area contributed by atoms with E-state index in [-0.39, 0.29) is 0 Å². The normalized spacial score (nSPS) is 27.8. The molecule has 1 heterocycles. The van der Waals surface area contributed by atoms with Gasteiger partial charge in [-0.3, -0.25) is 0 Å². The topological polar surface area (TPSA) is 64.1 Å². The van der Waals surface area contributed by atoms with E-state index in [1.165, 1.54) is 19.3 Å². The lowest BCUT2D eigenvalue weighted by molar-refractivity contribution is 0.314. The Balaban J connectivity index is 1.75. The third-order valence-electron chi connectivity index (χ3n) is 2.77. The monoisotopic (exact) mass is 195 g/mol. The van der Waals surface area contributed by atoms with Gasteiger partial charge < -0.3 is 15.6 Å². The summed E-state index contributed by atoms with van der Waals surface area (Å²) in [5.41, 5.74) is 5.90. The van der Waals surface area contributed by atoms with Crippen LogP contribution in [0.4, 0.5) is 0 Å². The second-order valence-corrected chi connectivity index (χ2v) is 3.98. The van der Waals surface area contributed by atoms with E-state index >= 15 is 0 Å². The summed E-state index contributed by atoms with van der Waals surface area (Å²) in [6.07, 6.45) is 6.37. The lowest BCUT2D eigenvalue weighted by atomic mass is 9.92. The number of rotatable bonds is 3. The fraction of sp³-hybridized carbons (Fsp3) is 0.700. The maximum atomic E-state index is 5.90. The summed E-state index contributed by atoms with van der Waals surface area (Å²) in [5, 5.41) is 7.10. The molecule has 0 aliphatic heterocycles. The Labute approximate surface area is 83.8 Å². The van der Waals surface area contributed by atoms with Gasteiger partial charge in [0.1, 0.15) is 5.76 Å². The first-order valence-electron chi connectivity index (χ1n) is 5.23. The molecule has 3 N–H and O–H groups in total. The van der Waals surface area contributed by atoms with Crippen molar-refractivity contribution in [1.82, 2.24) is 10.5 Å². The Kier molecular flexibility index (Phi) is 3.16. The highest BCUT2D eigenvalue weighted by molar-refractivity contribution is 4.93. The minimum Gasteiger partial charge on any atom is -0.360 e. The standard InChI is InChI=1S/C10H17N3O/c11-8-2-1-3-9(6-8)12-7-10-4-5-13-14-10/h4-5,8-9,12H,1-3,6-7,11H2. The SMILES string of the molecule is NC1CCCC(NCc2ccno2)C1. The third kappa shape index (κ3) is 2.56. The molecule has 0 bridgehead atoms. The van der Waals surface area contributed by atoms with E-state index in [0.717, 1.165) is 18.7 Å². The molecule has 1 aromatic heterocycles. The van der Waals surface area contributed by atoms with Crippen LogP contribution in [0.15, 0.2) is 16.8 Å². The molecule has 0 aromatic carbocycles. The van der Waals surface area contributed by atoms with Gasteiger partial charge in [-0.05, 0) is 19.3 Å². The molecule has 4 heteroatoms. The molecule has 0 saturated heterocycles. The molecule has 4 nitrogen and oxygen atoms in total. The zero-order valence-corrected chi connectivity index (χ0v) is 8.28. The Morgan fingerprint density at radius 2 is 2.50 bits per heavy atom. The largest absolute Gasteiger partial charge is 0.360 e. The molecule has 2 atom stereocenters. The van der Waals surface area contributed by atoms with Crippen molar-refractivity contribution in [3.05, 3.63) is 18.0 Å². The Morgan fingerprint density at radius 3 is 3.21 bits per heavy atom. The minimum absolute atomic E-state index is 0.371. The average molecular weight is 195 g/mol. The molecule has 14 heavy (non-hydrogen) atoms. The maximum Gasteiger partial charge on any atom is 0.150 e. The highest BCUT2D eigenvalue weighted by Gasteiger charge is 2.18. The van der Waals surface area contributed by atoms with E-state index in [4.69, 9.17) is 10.3 Å². The molecule has 0 radical (unpaired) electrons. The van der Waals surface area contributed by atoms with E-state index in [0.29, 0.717) is 12.1 Å². The van der Waals surface area contributed by atoms with Gasteiger partial charge in [-0.2, -0.15) is 0 Å². The summed E-state index contributed by atoms with van der Waals surface area (Å²) < 4.78 is 5.01. The lowest BCUT2D eigenvalue weighted by Crippen LogP contribution is -2.38. The summed E-state index contributed by atoms with van der Waals surface area (Å²) >= 11 is 0. The van der Waals surface area contributed by atoms with Gasteiger partial charge in [-0.25, -0.2) is 0 Å². The van der Waals surface area contributed by atoms with Crippen LogP contribution >= 0.6 is 0 Å². The molecule has 2 rings (SSSR count). The van der Waals surface area contributed by atoms with Gasteiger partial charge in [0.25, 0.3) is 0 Å². The van der Waals surface area contributed by atoms with Crippen molar-refractivity contribution in [3.63, 3.8) is 0 Å². The van der Waals surface area contributed by atoms with Crippen LogP contribution in [0, 0.1) is 0 Å². The van der Waals surface area contributed by atoms with Crippen LogP contribution in [0.25, 0.3) is 0 Å². The van der Waals surface area contributed by atoms with Crippen LogP contribution in [-0.2, 0) is 6.54 Å². The second kappa shape index (κ2) is 4.57. The molecule has 0 amide bonds. The fourth-order valence-electron chi connectivity index (χ4n) is 1.99. The summed E-state index contributed by atoms with van der Waals surface area (Å²) in [6, 6.07) is 2.80. The first kappa shape index (κ1) is 9.68. The van der Waals surface area contributed by atoms with E-state index in [9.17, 15) is 0 Å². The predicted molar refractivity (Wildman–Crippen MR) is 53.6 cm³/mol. The first-order valence-corrected chi connectivity index (χ1v) is 5.23. The molecule has 0 spiro atoms. The van der Waals surface area contributed by atoms with Crippen molar-refractivity contribution in [2.75, 3.05) is 0 Å². The zero-order chi connectivity index (χ0) is 9.80. The van der Waals surface area contributed by atoms with Gasteiger partial charge >= 0.3 is 0 Å². The molecule has 1 aromatic rings. The number of aromatic nitrogens is 1. The van der Waals surface area contributed by atoms with Crippen molar-refractivity contribution in [2.45, 2.75) is 44.3 Å². The smallest absolute Gasteiger partial charge is 0.150 e. The van der Waals surface area contributed by atoms with Crippen LogP contribution in [0.1, 0.15) is 31.4 Å². The van der Waals surface area contributed by atoms with Crippen molar-refractivity contribution >= 4 is 0 Å². The molecule has 1 aliphatic carbocycles. The zero-order valence-electron chi connectivity index (χ0n) is 8.28. The van der Waals surface area contributed by atoms with Gasteiger partial charge in [0.15, 0.2) is 0 Å². The lowest BCUT2D eigenvalue weighted by Gasteiger charge is -2.27. The molecular weight excluding hydrogens is 178 g/mol. The van der Waals surface area contributed by atoms with Crippen LogP contribution in [0.3, 0.4) is 0 Å². The third-order valence-corrected chi connectivity index (χ3v) is 2.77. The van der Waals surface area contributed by atoms with E-state index in [2.05, 4.69) is 10.5 Å². The molecular formula is C10H17N3O. The van der Waals surface area contributed by atoms with Crippen LogP contribution in [0.5, 0.6) is 0 Å². The highest BCUT2D eigenvalue weighted by Crippen LogP contribution is 2.17. The van der Waals surface area contributed by atoms with Gasteiger partial charge in [0.2, 0.25) is 0 Å². The number of hydrogen-bond acceptors (Lipinski definition) is 4. The van der Waals surface area contributed by atoms with Crippen LogP contribution in [-0.4, -0.2) is 17.2 Å². The minimum atomic E-state index is 0.371. The van der Waals surface area contributed by atoms with Crippen molar-refractivity contribution in [3.8, 4) is 0 Å². The van der Waals surface area contributed by atoms with Gasteiger partial charge in [-0.15, -0.1) is 0 Å². The summed E-state index contributed by atoms with van der Waals surface area (Å²) in [5.74, 6) is 0.893. The van der Waals surface area contributed by atoms with Gasteiger partial charge in [0.05, 0.1) is 12.7 Å². The van der Waals surface area contributed by atoms with Crippen LogP contribution in [0.2, 0.25) is 0 Å². The number of nitrogens with two attached hydrogens (primary N) is 1. The van der Waals surface area contributed by atoms with Gasteiger partial charge in [0, 0.05) is 18.2 Å². The van der Waals surface area contributed by atoms with Crippen molar-refractivity contribution < 1.29 is 4.52 Å². The summed E-state index contributed by atoms with van der Waals surface area (Å²) in [6.45, 7) is 0.761. The molecule has 1 saturated carbocycles. The predicted octanol–water partition coefficient (Wildman–Crippen LogP) is 1.03. The van der Waals surface area contributed by atoms with E-state index in [1.807, 2.05) is 6.07 Å². The second-order valence-electron chi connectivity index (χ2n) is 3.98. The summed E-state index contributed by atoms with van der Waals surface area (Å²) in [4.78, 5) is 0. The Hall–Kier alpha value is -0.870. The number of hydrogen-bond donors (Lipinski definition) is 2. The Morgan fingerprint density at radius 1 is 1.57 bits per heavy atom. The van der Waals surface area contributed by atoms with Crippen LogP contribution < -0.4 is 11.1 Å². The Bertz CT molecular complexity index is 260. The molecule has 1 aliphatic rings. The van der Waals surface area contributed by atoms with E-state index in [1.54, 1.807) is 6.20 Å². The van der Waals surface area contributed by atoms with Crippen molar-refractivity contribution in [2.24, 2.45) is 5.73 Å². The molecule has 1 fully saturated rings. The highest BCUT2D eigenvalue weighted by atomic mass is 16.5. The quantitative estimate of drug-likeness (QED) is 0.756. The van der Waals surface area contributed by atoms with Crippen molar-refractivity contribution in [1.29, 1.82) is 0 Å². The fourth-order valence-corrected chi connectivity index (χ4v) is 1.99. The maximum absolute atomic E-state index is 5.90. The summed E-state index contributed by atoms with van der Waals surface area (Å²) in [7, 11) is 0. The average Bonchev–Trinajstić information content (AvgIpc) is 2.67. The van der Waals surface area contributed by atoms with Gasteiger partial charge in [-0.1, -0.05) is 11.6 Å². The first-order chi connectivity index (χ1) is 6.84. The van der Waals surface area contributed by atoms with E-state index < -0.39 is 0 Å². The number of nitrogens with zero attached hydrogens (tertiary/aromatic N) is 1.